The Hall–Kier alpha value is -1.85. The lowest BCUT2D eigenvalue weighted by atomic mass is 10.2. The zero-order valence-electron chi connectivity index (χ0n) is 12.6. The van der Waals surface area contributed by atoms with Gasteiger partial charge < -0.3 is 15.0 Å². The lowest BCUT2D eigenvalue weighted by Gasteiger charge is -2.21. The summed E-state index contributed by atoms with van der Waals surface area (Å²) in [6.45, 7) is 3.02. The van der Waals surface area contributed by atoms with Crippen LogP contribution in [0.25, 0.3) is 0 Å². The number of para-hydroxylation sites is 1. The quantitative estimate of drug-likeness (QED) is 0.549. The standard InChI is InChI=1S/C14H20NO6P/c1-3-19-14(17)12(9-10-13(15)16)21-22(2,18)20-11-7-5-4-6-8-11/h4-8,12H,3,9-10H2,1-2H3,(H2,15,16). The van der Waals surface area contributed by atoms with Crippen LogP contribution < -0.4 is 10.3 Å². The van der Waals surface area contributed by atoms with E-state index in [2.05, 4.69) is 0 Å². The molecule has 2 unspecified atom stereocenters. The topological polar surface area (TPSA) is 105 Å². The predicted molar refractivity (Wildman–Crippen MR) is 80.5 cm³/mol. The summed E-state index contributed by atoms with van der Waals surface area (Å²) in [5, 5.41) is 0. The molecule has 0 aromatic heterocycles. The van der Waals surface area contributed by atoms with Crippen molar-refractivity contribution in [1.29, 1.82) is 0 Å². The highest BCUT2D eigenvalue weighted by atomic mass is 31.2. The van der Waals surface area contributed by atoms with E-state index in [1.54, 1.807) is 37.3 Å². The van der Waals surface area contributed by atoms with E-state index in [9.17, 15) is 14.2 Å². The van der Waals surface area contributed by atoms with Crippen molar-refractivity contribution in [2.24, 2.45) is 5.73 Å². The Balaban J connectivity index is 2.75. The third kappa shape index (κ3) is 6.74. The van der Waals surface area contributed by atoms with Crippen LogP contribution in [0.3, 0.4) is 0 Å². The van der Waals surface area contributed by atoms with Gasteiger partial charge in [-0.2, -0.15) is 0 Å². The van der Waals surface area contributed by atoms with E-state index in [4.69, 9.17) is 19.5 Å². The first-order valence-corrected chi connectivity index (χ1v) is 8.78. The number of hydrogen-bond acceptors (Lipinski definition) is 6. The number of ether oxygens (including phenoxy) is 1. The van der Waals surface area contributed by atoms with Gasteiger partial charge in [0.2, 0.25) is 5.91 Å². The van der Waals surface area contributed by atoms with E-state index in [1.165, 1.54) is 6.66 Å². The van der Waals surface area contributed by atoms with Crippen LogP contribution in [0.4, 0.5) is 0 Å². The van der Waals surface area contributed by atoms with Crippen LogP contribution in [0.5, 0.6) is 5.75 Å². The summed E-state index contributed by atoms with van der Waals surface area (Å²) in [6.07, 6.45) is -1.29. The van der Waals surface area contributed by atoms with Crippen molar-refractivity contribution in [2.75, 3.05) is 13.3 Å². The maximum Gasteiger partial charge on any atom is 0.376 e. The number of carbonyl (C=O) groups is 2. The van der Waals surface area contributed by atoms with E-state index < -0.39 is 25.6 Å². The van der Waals surface area contributed by atoms with Crippen molar-refractivity contribution in [3.63, 3.8) is 0 Å². The maximum absolute atomic E-state index is 12.4. The molecular weight excluding hydrogens is 309 g/mol. The summed E-state index contributed by atoms with van der Waals surface area (Å²) in [5.74, 6) is -0.943. The second-order valence-corrected chi connectivity index (χ2v) is 6.46. The molecule has 0 saturated carbocycles. The minimum absolute atomic E-state index is 0.0237. The molecule has 0 radical (unpaired) electrons. The first-order valence-electron chi connectivity index (χ1n) is 6.79. The van der Waals surface area contributed by atoms with Gasteiger partial charge in [-0.05, 0) is 25.5 Å². The number of amides is 1. The maximum atomic E-state index is 12.4. The van der Waals surface area contributed by atoms with Gasteiger partial charge in [-0.15, -0.1) is 0 Å². The second-order valence-electron chi connectivity index (χ2n) is 4.53. The Morgan fingerprint density at radius 3 is 2.45 bits per heavy atom. The Kier molecular flexibility index (Phi) is 7.08. The molecule has 1 amide bonds. The molecule has 0 heterocycles. The molecule has 1 rings (SSSR count). The van der Waals surface area contributed by atoms with Gasteiger partial charge in [0.25, 0.3) is 0 Å². The smallest absolute Gasteiger partial charge is 0.376 e. The van der Waals surface area contributed by atoms with Crippen molar-refractivity contribution >= 4 is 19.5 Å². The van der Waals surface area contributed by atoms with Gasteiger partial charge in [-0.1, -0.05) is 18.2 Å². The summed E-state index contributed by atoms with van der Waals surface area (Å²) in [5.41, 5.74) is 5.06. The molecule has 2 atom stereocenters. The Morgan fingerprint density at radius 1 is 1.27 bits per heavy atom. The van der Waals surface area contributed by atoms with Crippen molar-refractivity contribution in [3.8, 4) is 5.75 Å². The van der Waals surface area contributed by atoms with Crippen LogP contribution in [0, 0.1) is 0 Å². The third-order valence-electron chi connectivity index (χ3n) is 2.54. The lowest BCUT2D eigenvalue weighted by Crippen LogP contribution is -2.28. The van der Waals surface area contributed by atoms with Gasteiger partial charge in [0.1, 0.15) is 5.75 Å². The minimum Gasteiger partial charge on any atom is -0.464 e. The Bertz CT molecular complexity index is 548. The van der Waals surface area contributed by atoms with Crippen LogP contribution >= 0.6 is 7.60 Å². The Labute approximate surface area is 129 Å². The van der Waals surface area contributed by atoms with Crippen molar-refractivity contribution < 1.29 is 27.9 Å². The molecule has 0 aliphatic heterocycles. The van der Waals surface area contributed by atoms with E-state index in [1.807, 2.05) is 0 Å². The largest absolute Gasteiger partial charge is 0.464 e. The summed E-state index contributed by atoms with van der Waals surface area (Å²) in [7, 11) is -3.56. The van der Waals surface area contributed by atoms with Crippen LogP contribution in [0.2, 0.25) is 0 Å². The summed E-state index contributed by atoms with van der Waals surface area (Å²) < 4.78 is 27.8. The van der Waals surface area contributed by atoms with Gasteiger partial charge in [0.05, 0.1) is 6.61 Å². The number of benzene rings is 1. The van der Waals surface area contributed by atoms with E-state index in [0.717, 1.165) is 0 Å². The van der Waals surface area contributed by atoms with Crippen LogP contribution in [-0.2, 0) is 23.4 Å². The number of esters is 1. The molecule has 0 saturated heterocycles. The fourth-order valence-corrected chi connectivity index (χ4v) is 2.85. The van der Waals surface area contributed by atoms with Gasteiger partial charge in [-0.25, -0.2) is 9.36 Å². The van der Waals surface area contributed by atoms with Crippen LogP contribution in [0.15, 0.2) is 30.3 Å². The number of nitrogens with two attached hydrogens (primary N) is 1. The highest BCUT2D eigenvalue weighted by molar-refractivity contribution is 7.53. The fourth-order valence-electron chi connectivity index (χ4n) is 1.65. The predicted octanol–water partition coefficient (Wildman–Crippen LogP) is 2.10. The molecule has 1 aromatic rings. The number of rotatable bonds is 9. The number of hydrogen-bond donors (Lipinski definition) is 1. The molecule has 1 aromatic carbocycles. The molecule has 0 bridgehead atoms. The first-order chi connectivity index (χ1) is 10.3. The lowest BCUT2D eigenvalue weighted by molar-refractivity contribution is -0.152. The summed E-state index contributed by atoms with van der Waals surface area (Å²) in [4.78, 5) is 22.7. The fraction of sp³-hybridized carbons (Fsp3) is 0.429. The highest BCUT2D eigenvalue weighted by Gasteiger charge is 2.30. The highest BCUT2D eigenvalue weighted by Crippen LogP contribution is 2.46. The molecule has 7 nitrogen and oxygen atoms in total. The monoisotopic (exact) mass is 329 g/mol. The zero-order chi connectivity index (χ0) is 16.6. The molecule has 8 heteroatoms. The molecule has 0 spiro atoms. The second kappa shape index (κ2) is 8.56. The Morgan fingerprint density at radius 2 is 1.91 bits per heavy atom. The van der Waals surface area contributed by atoms with Crippen molar-refractivity contribution in [1.82, 2.24) is 0 Å². The van der Waals surface area contributed by atoms with Gasteiger partial charge >= 0.3 is 13.6 Å². The van der Waals surface area contributed by atoms with E-state index in [-0.39, 0.29) is 19.4 Å². The van der Waals surface area contributed by atoms with Gasteiger partial charge in [0, 0.05) is 13.1 Å². The van der Waals surface area contributed by atoms with Crippen molar-refractivity contribution in [3.05, 3.63) is 30.3 Å². The summed E-state index contributed by atoms with van der Waals surface area (Å²) in [6, 6.07) is 8.43. The number of carbonyl (C=O) groups excluding carboxylic acids is 2. The van der Waals surface area contributed by atoms with E-state index in [0.29, 0.717) is 5.75 Å². The number of primary amides is 1. The molecular formula is C14H20NO6P. The molecule has 0 aliphatic carbocycles. The van der Waals surface area contributed by atoms with Gasteiger partial charge in [-0.3, -0.25) is 9.32 Å². The molecule has 0 fully saturated rings. The summed E-state index contributed by atoms with van der Waals surface area (Å²) >= 11 is 0. The van der Waals surface area contributed by atoms with Crippen LogP contribution in [-0.4, -0.2) is 31.3 Å². The average Bonchev–Trinajstić information content (AvgIpc) is 2.44. The first kappa shape index (κ1) is 18.2. The average molecular weight is 329 g/mol. The minimum atomic E-state index is -3.56. The normalized spacial score (nSPS) is 14.6. The van der Waals surface area contributed by atoms with E-state index >= 15 is 0 Å². The third-order valence-corrected chi connectivity index (χ3v) is 3.72. The van der Waals surface area contributed by atoms with Gasteiger partial charge in [0.15, 0.2) is 6.10 Å². The molecule has 0 aliphatic rings. The van der Waals surface area contributed by atoms with Crippen LogP contribution in [0.1, 0.15) is 19.8 Å². The molecule has 122 valence electrons. The molecule has 22 heavy (non-hydrogen) atoms. The molecule has 2 N–H and O–H groups in total. The zero-order valence-corrected chi connectivity index (χ0v) is 13.5. The van der Waals surface area contributed by atoms with Crippen molar-refractivity contribution in [2.45, 2.75) is 25.9 Å². The SMILES string of the molecule is CCOC(=O)C(CCC(N)=O)OP(C)(=O)Oc1ccccc1.